The first-order valence-electron chi connectivity index (χ1n) is 5.86. The molecule has 1 rings (SSSR count). The highest BCUT2D eigenvalue weighted by atomic mass is 19.4. The lowest BCUT2D eigenvalue weighted by Gasteiger charge is -2.24. The highest BCUT2D eigenvalue weighted by molar-refractivity contribution is 5.68. The summed E-state index contributed by atoms with van der Waals surface area (Å²) in [5.41, 5.74) is -1.48. The summed E-state index contributed by atoms with van der Waals surface area (Å²) in [4.78, 5) is 10.6. The number of aromatic hydroxyl groups is 1. The molecular formula is C13H16F3NO3. The third-order valence-corrected chi connectivity index (χ3v) is 2.67. The molecule has 0 spiro atoms. The molecule has 112 valence electrons. The van der Waals surface area contributed by atoms with Crippen molar-refractivity contribution in [1.82, 2.24) is 5.32 Å². The predicted octanol–water partition coefficient (Wildman–Crippen LogP) is 2.75. The van der Waals surface area contributed by atoms with Crippen molar-refractivity contribution in [2.24, 2.45) is 0 Å². The van der Waals surface area contributed by atoms with E-state index in [9.17, 15) is 23.1 Å². The van der Waals surface area contributed by atoms with Gasteiger partial charge >= 0.3 is 12.1 Å². The molecule has 0 saturated carbocycles. The van der Waals surface area contributed by atoms with Gasteiger partial charge in [0.2, 0.25) is 0 Å². The molecule has 20 heavy (non-hydrogen) atoms. The fourth-order valence-electron chi connectivity index (χ4n) is 1.72. The molecular weight excluding hydrogens is 275 g/mol. The first kappa shape index (κ1) is 16.3. The number of alkyl halides is 3. The number of carboxylic acid groups (broad SMARTS) is 1. The van der Waals surface area contributed by atoms with Crippen molar-refractivity contribution in [1.29, 1.82) is 0 Å². The Kier molecular flexibility index (Phi) is 4.65. The van der Waals surface area contributed by atoms with Crippen molar-refractivity contribution in [3.05, 3.63) is 29.3 Å². The normalized spacial score (nSPS) is 12.4. The fourth-order valence-corrected chi connectivity index (χ4v) is 1.72. The zero-order chi connectivity index (χ0) is 15.6. The van der Waals surface area contributed by atoms with Gasteiger partial charge in [0.1, 0.15) is 5.75 Å². The Hall–Kier alpha value is -1.76. The van der Waals surface area contributed by atoms with Gasteiger partial charge in [0.05, 0.1) is 12.0 Å². The zero-order valence-electron chi connectivity index (χ0n) is 11.1. The molecule has 0 fully saturated rings. The number of carboxylic acids is 1. The Morgan fingerprint density at radius 1 is 1.25 bits per heavy atom. The summed E-state index contributed by atoms with van der Waals surface area (Å²) >= 11 is 0. The standard InChI is InChI=1S/C13H16F3NO3/c1-12(2,6-11(19)20)17-7-8-3-9(13(14,15)16)5-10(18)4-8/h3-5,17-18H,6-7H2,1-2H3,(H,19,20). The average molecular weight is 291 g/mol. The van der Waals surface area contributed by atoms with Crippen LogP contribution in [0.4, 0.5) is 13.2 Å². The van der Waals surface area contributed by atoms with E-state index in [1.54, 1.807) is 13.8 Å². The van der Waals surface area contributed by atoms with Crippen LogP contribution in [0.25, 0.3) is 0 Å². The maximum absolute atomic E-state index is 12.6. The molecule has 1 aromatic carbocycles. The Morgan fingerprint density at radius 2 is 1.85 bits per heavy atom. The molecule has 0 unspecified atom stereocenters. The minimum atomic E-state index is -4.54. The number of phenols is 1. The number of rotatable bonds is 5. The number of nitrogens with one attached hydrogen (secondary N) is 1. The lowest BCUT2D eigenvalue weighted by atomic mass is 10.00. The van der Waals surface area contributed by atoms with Crippen LogP contribution in [0.1, 0.15) is 31.4 Å². The van der Waals surface area contributed by atoms with E-state index in [0.29, 0.717) is 6.07 Å². The van der Waals surface area contributed by atoms with Gasteiger partial charge in [0.25, 0.3) is 0 Å². The summed E-state index contributed by atoms with van der Waals surface area (Å²) in [6.45, 7) is 3.29. The second kappa shape index (κ2) is 5.70. The number of hydrogen-bond acceptors (Lipinski definition) is 3. The lowest BCUT2D eigenvalue weighted by molar-refractivity contribution is -0.138. The van der Waals surface area contributed by atoms with E-state index in [4.69, 9.17) is 5.11 Å². The first-order valence-corrected chi connectivity index (χ1v) is 5.86. The number of aliphatic carboxylic acids is 1. The van der Waals surface area contributed by atoms with E-state index in [0.717, 1.165) is 6.07 Å². The van der Waals surface area contributed by atoms with Gasteiger partial charge in [-0.05, 0) is 37.6 Å². The molecule has 0 aromatic heterocycles. The van der Waals surface area contributed by atoms with Crippen LogP contribution in [0.15, 0.2) is 18.2 Å². The Labute approximate surface area is 114 Å². The van der Waals surface area contributed by atoms with Crippen LogP contribution >= 0.6 is 0 Å². The Bertz CT molecular complexity index is 498. The predicted molar refractivity (Wildman–Crippen MR) is 66.3 cm³/mol. The van der Waals surface area contributed by atoms with Crippen LogP contribution in [0.2, 0.25) is 0 Å². The summed E-state index contributed by atoms with van der Waals surface area (Å²) in [6, 6.07) is 2.77. The zero-order valence-corrected chi connectivity index (χ0v) is 11.1. The molecule has 0 heterocycles. The molecule has 0 radical (unpaired) electrons. The van der Waals surface area contributed by atoms with Crippen LogP contribution in [-0.4, -0.2) is 21.7 Å². The largest absolute Gasteiger partial charge is 0.508 e. The quantitative estimate of drug-likeness (QED) is 0.780. The van der Waals surface area contributed by atoms with E-state index in [1.807, 2.05) is 0 Å². The van der Waals surface area contributed by atoms with E-state index < -0.39 is 29.0 Å². The summed E-state index contributed by atoms with van der Waals surface area (Å²) in [5, 5.41) is 20.9. The van der Waals surface area contributed by atoms with Crippen molar-refractivity contribution < 1.29 is 28.2 Å². The smallest absolute Gasteiger partial charge is 0.416 e. The Morgan fingerprint density at radius 3 is 2.35 bits per heavy atom. The fraction of sp³-hybridized carbons (Fsp3) is 0.462. The number of phenolic OH excluding ortho intramolecular Hbond substituents is 1. The minimum absolute atomic E-state index is 0.0256. The molecule has 1 aromatic rings. The van der Waals surface area contributed by atoms with E-state index >= 15 is 0 Å². The van der Waals surface area contributed by atoms with Crippen LogP contribution in [-0.2, 0) is 17.5 Å². The van der Waals surface area contributed by atoms with Crippen molar-refractivity contribution in [3.8, 4) is 5.75 Å². The van der Waals surface area contributed by atoms with E-state index in [1.165, 1.54) is 6.07 Å². The summed E-state index contributed by atoms with van der Waals surface area (Å²) in [6.07, 6.45) is -4.71. The van der Waals surface area contributed by atoms with Gasteiger partial charge in [-0.1, -0.05) is 0 Å². The van der Waals surface area contributed by atoms with E-state index in [-0.39, 0.29) is 18.5 Å². The number of carbonyl (C=O) groups is 1. The van der Waals surface area contributed by atoms with Gasteiger partial charge in [-0.15, -0.1) is 0 Å². The molecule has 4 nitrogen and oxygen atoms in total. The van der Waals surface area contributed by atoms with Gasteiger partial charge in [-0.2, -0.15) is 13.2 Å². The number of benzene rings is 1. The van der Waals surface area contributed by atoms with Crippen molar-refractivity contribution in [2.45, 2.75) is 38.5 Å². The summed E-state index contributed by atoms with van der Waals surface area (Å²) in [7, 11) is 0. The highest BCUT2D eigenvalue weighted by Gasteiger charge is 2.31. The summed E-state index contributed by atoms with van der Waals surface area (Å²) in [5.74, 6) is -1.48. The Balaban J connectivity index is 2.83. The molecule has 0 amide bonds. The van der Waals surface area contributed by atoms with Gasteiger partial charge in [-0.3, -0.25) is 4.79 Å². The van der Waals surface area contributed by atoms with Gasteiger partial charge in [0, 0.05) is 12.1 Å². The second-order valence-corrected chi connectivity index (χ2v) is 5.19. The maximum atomic E-state index is 12.6. The molecule has 0 aliphatic heterocycles. The molecule has 7 heteroatoms. The number of hydrogen-bond donors (Lipinski definition) is 3. The van der Waals surface area contributed by atoms with Crippen molar-refractivity contribution in [2.75, 3.05) is 0 Å². The monoisotopic (exact) mass is 291 g/mol. The van der Waals surface area contributed by atoms with Crippen LogP contribution in [0, 0.1) is 0 Å². The molecule has 0 aliphatic carbocycles. The molecule has 0 atom stereocenters. The maximum Gasteiger partial charge on any atom is 0.416 e. The molecule has 3 N–H and O–H groups in total. The van der Waals surface area contributed by atoms with Crippen molar-refractivity contribution >= 4 is 5.97 Å². The van der Waals surface area contributed by atoms with Gasteiger partial charge < -0.3 is 15.5 Å². The number of halogens is 3. The average Bonchev–Trinajstić information content (AvgIpc) is 2.23. The van der Waals surface area contributed by atoms with E-state index in [2.05, 4.69) is 5.32 Å². The van der Waals surface area contributed by atoms with Crippen LogP contribution < -0.4 is 5.32 Å². The lowest BCUT2D eigenvalue weighted by Crippen LogP contribution is -2.40. The minimum Gasteiger partial charge on any atom is -0.508 e. The van der Waals surface area contributed by atoms with Crippen LogP contribution in [0.5, 0.6) is 5.75 Å². The first-order chi connectivity index (χ1) is 8.99. The second-order valence-electron chi connectivity index (χ2n) is 5.19. The van der Waals surface area contributed by atoms with Gasteiger partial charge in [-0.25, -0.2) is 0 Å². The topological polar surface area (TPSA) is 69.6 Å². The van der Waals surface area contributed by atoms with Crippen LogP contribution in [0.3, 0.4) is 0 Å². The van der Waals surface area contributed by atoms with Gasteiger partial charge in [0.15, 0.2) is 0 Å². The third kappa shape index (κ3) is 5.08. The molecule has 0 saturated heterocycles. The molecule has 0 bridgehead atoms. The molecule has 0 aliphatic rings. The summed E-state index contributed by atoms with van der Waals surface area (Å²) < 4.78 is 37.8. The van der Waals surface area contributed by atoms with Crippen molar-refractivity contribution in [3.63, 3.8) is 0 Å². The SMILES string of the molecule is CC(C)(CC(=O)O)NCc1cc(O)cc(C(F)(F)F)c1. The highest BCUT2D eigenvalue weighted by Crippen LogP contribution is 2.32. The third-order valence-electron chi connectivity index (χ3n) is 2.67.